The summed E-state index contributed by atoms with van der Waals surface area (Å²) in [4.78, 5) is 28.3. The minimum atomic E-state index is -2.64. The van der Waals surface area contributed by atoms with Crippen LogP contribution in [0.25, 0.3) is 0 Å². The number of amides is 2. The average Bonchev–Trinajstić information content (AvgIpc) is 3.18. The fraction of sp³-hybridized carbons (Fsp3) is 0.882. The second-order valence-corrected chi connectivity index (χ2v) is 8.41. The van der Waals surface area contributed by atoms with Crippen molar-refractivity contribution < 1.29 is 23.1 Å². The van der Waals surface area contributed by atoms with E-state index < -0.39 is 18.0 Å². The van der Waals surface area contributed by atoms with Crippen LogP contribution in [0.4, 0.5) is 8.78 Å². The van der Waals surface area contributed by atoms with Gasteiger partial charge in [0.05, 0.1) is 19.7 Å². The van der Waals surface area contributed by atoms with Gasteiger partial charge in [0.25, 0.3) is 5.92 Å². The zero-order valence-electron chi connectivity index (χ0n) is 14.6. The molecule has 0 aromatic heterocycles. The van der Waals surface area contributed by atoms with E-state index in [1.165, 1.54) is 0 Å². The molecule has 2 saturated carbocycles. The van der Waals surface area contributed by atoms with E-state index >= 15 is 0 Å². The lowest BCUT2D eigenvalue weighted by Gasteiger charge is -2.55. The van der Waals surface area contributed by atoms with E-state index in [0.717, 1.165) is 6.42 Å². The van der Waals surface area contributed by atoms with E-state index in [0.29, 0.717) is 25.6 Å². The van der Waals surface area contributed by atoms with Gasteiger partial charge in [-0.2, -0.15) is 0 Å². The van der Waals surface area contributed by atoms with Crippen LogP contribution in [0.1, 0.15) is 26.2 Å². The summed E-state index contributed by atoms with van der Waals surface area (Å²) in [6.45, 7) is 4.03. The van der Waals surface area contributed by atoms with E-state index in [1.54, 1.807) is 0 Å². The first-order chi connectivity index (χ1) is 11.7. The average molecular weight is 357 g/mol. The van der Waals surface area contributed by atoms with E-state index in [-0.39, 0.29) is 42.8 Å². The van der Waals surface area contributed by atoms with Gasteiger partial charge in [-0.05, 0) is 19.4 Å². The highest BCUT2D eigenvalue weighted by Gasteiger charge is 2.54. The van der Waals surface area contributed by atoms with Crippen molar-refractivity contribution in [2.24, 2.45) is 11.8 Å². The fourth-order valence-electron chi connectivity index (χ4n) is 4.23. The Morgan fingerprint density at radius 1 is 1.20 bits per heavy atom. The van der Waals surface area contributed by atoms with Gasteiger partial charge in [-0.3, -0.25) is 14.5 Å². The highest BCUT2D eigenvalue weighted by atomic mass is 19.3. The first-order valence-corrected chi connectivity index (χ1v) is 8.99. The third-order valence-electron chi connectivity index (χ3n) is 6.05. The van der Waals surface area contributed by atoms with Gasteiger partial charge in [-0.1, -0.05) is 6.92 Å². The number of hydrogen-bond donors (Lipinski definition) is 1. The smallest absolute Gasteiger partial charge is 0.252 e. The molecule has 140 valence electrons. The maximum absolute atomic E-state index is 12.9. The lowest BCUT2D eigenvalue weighted by atomic mass is 9.87. The Hall–Kier alpha value is -1.28. The maximum Gasteiger partial charge on any atom is 0.252 e. The van der Waals surface area contributed by atoms with Crippen LogP contribution in [0.15, 0.2) is 0 Å². The number of morpholine rings is 1. The van der Waals surface area contributed by atoms with Crippen molar-refractivity contribution in [1.82, 2.24) is 15.1 Å². The Morgan fingerprint density at radius 3 is 2.36 bits per heavy atom. The van der Waals surface area contributed by atoms with Crippen LogP contribution < -0.4 is 5.32 Å². The molecule has 2 saturated heterocycles. The molecule has 1 N–H and O–H groups in total. The number of likely N-dealkylation sites (N-methyl/N-ethyl adjacent to an activating group) is 1. The molecule has 2 aliphatic heterocycles. The van der Waals surface area contributed by atoms with Crippen LogP contribution in [0.5, 0.6) is 0 Å². The molecule has 8 heteroatoms. The van der Waals surface area contributed by atoms with Crippen molar-refractivity contribution in [2.45, 2.75) is 49.8 Å². The van der Waals surface area contributed by atoms with Crippen molar-refractivity contribution in [3.8, 4) is 0 Å². The first-order valence-electron chi connectivity index (χ1n) is 8.99. The number of halogens is 2. The van der Waals surface area contributed by atoms with E-state index in [1.807, 2.05) is 16.8 Å². The number of carbonyl (C=O) groups is 2. The number of nitrogens with one attached hydrogen (secondary N) is 1. The van der Waals surface area contributed by atoms with Gasteiger partial charge >= 0.3 is 0 Å². The van der Waals surface area contributed by atoms with Gasteiger partial charge in [-0.25, -0.2) is 8.78 Å². The number of ether oxygens (including phenoxy) is 1. The largest absolute Gasteiger partial charge is 0.368 e. The Morgan fingerprint density at radius 2 is 1.84 bits per heavy atom. The molecule has 4 rings (SSSR count). The summed E-state index contributed by atoms with van der Waals surface area (Å²) in [7, 11) is 1.84. The second kappa shape index (κ2) is 5.61. The lowest BCUT2D eigenvalue weighted by Crippen LogP contribution is -2.73. The summed E-state index contributed by atoms with van der Waals surface area (Å²) in [5, 5.41) is 2.69. The van der Waals surface area contributed by atoms with Gasteiger partial charge in [-0.15, -0.1) is 0 Å². The summed E-state index contributed by atoms with van der Waals surface area (Å²) >= 11 is 0. The number of rotatable bonds is 3. The highest BCUT2D eigenvalue weighted by molar-refractivity contribution is 5.83. The highest BCUT2D eigenvalue weighted by Crippen LogP contribution is 2.42. The van der Waals surface area contributed by atoms with Gasteiger partial charge in [0.1, 0.15) is 11.6 Å². The molecule has 0 aromatic carbocycles. The third-order valence-corrected chi connectivity index (χ3v) is 6.05. The molecule has 2 heterocycles. The predicted octanol–water partition coefficient (Wildman–Crippen LogP) is 0.468. The SMILES string of the molecule is CC1CC1C(=O)N1CC2(C1)CN(C)C(C(=O)NC1CC(F)(F)C1)CO2. The molecule has 6 nitrogen and oxygen atoms in total. The van der Waals surface area contributed by atoms with Crippen LogP contribution in [-0.4, -0.2) is 78.5 Å². The lowest BCUT2D eigenvalue weighted by molar-refractivity contribution is -0.202. The number of likely N-dealkylation sites (tertiary alicyclic amines) is 1. The topological polar surface area (TPSA) is 61.9 Å². The number of alkyl halides is 2. The third kappa shape index (κ3) is 3.14. The molecule has 0 aromatic rings. The van der Waals surface area contributed by atoms with Crippen LogP contribution in [-0.2, 0) is 14.3 Å². The van der Waals surface area contributed by atoms with Crippen molar-refractivity contribution in [3.05, 3.63) is 0 Å². The zero-order chi connectivity index (χ0) is 18.0. The molecule has 25 heavy (non-hydrogen) atoms. The van der Waals surface area contributed by atoms with Crippen LogP contribution in [0, 0.1) is 11.8 Å². The van der Waals surface area contributed by atoms with Gasteiger partial charge in [0.15, 0.2) is 0 Å². The molecule has 1 spiro atoms. The van der Waals surface area contributed by atoms with Crippen molar-refractivity contribution in [3.63, 3.8) is 0 Å². The van der Waals surface area contributed by atoms with Crippen LogP contribution in [0.3, 0.4) is 0 Å². The molecular formula is C17H25F2N3O3. The standard InChI is InChI=1S/C17H25F2N3O3/c1-10-3-12(10)15(24)22-8-16(9-22)7-21(2)13(6-25-16)14(23)20-11-4-17(18,19)5-11/h10-13H,3-9H2,1-2H3,(H,20,23). The normalized spacial score (nSPS) is 36.5. The minimum absolute atomic E-state index is 0.179. The summed E-state index contributed by atoms with van der Waals surface area (Å²) < 4.78 is 31.7. The molecule has 4 fully saturated rings. The van der Waals surface area contributed by atoms with Gasteiger partial charge in [0, 0.05) is 31.3 Å². The summed E-state index contributed by atoms with van der Waals surface area (Å²) in [6, 6.07) is -0.905. The molecule has 0 bridgehead atoms. The molecule has 4 aliphatic rings. The quantitative estimate of drug-likeness (QED) is 0.798. The number of carbonyl (C=O) groups excluding carboxylic acids is 2. The summed E-state index contributed by atoms with van der Waals surface area (Å²) in [6.07, 6.45) is 0.415. The van der Waals surface area contributed by atoms with Gasteiger partial charge in [0.2, 0.25) is 11.8 Å². The van der Waals surface area contributed by atoms with Crippen LogP contribution in [0.2, 0.25) is 0 Å². The summed E-state index contributed by atoms with van der Waals surface area (Å²) in [5.41, 5.74) is -0.386. The zero-order valence-corrected chi connectivity index (χ0v) is 14.6. The molecule has 2 aliphatic carbocycles. The Bertz CT molecular complexity index is 586. The molecule has 3 atom stereocenters. The van der Waals surface area contributed by atoms with E-state index in [4.69, 9.17) is 4.74 Å². The second-order valence-electron chi connectivity index (χ2n) is 8.41. The van der Waals surface area contributed by atoms with E-state index in [2.05, 4.69) is 12.2 Å². The molecule has 3 unspecified atom stereocenters. The molecular weight excluding hydrogens is 332 g/mol. The minimum Gasteiger partial charge on any atom is -0.368 e. The van der Waals surface area contributed by atoms with Crippen molar-refractivity contribution >= 4 is 11.8 Å². The van der Waals surface area contributed by atoms with Gasteiger partial charge < -0.3 is 15.0 Å². The molecule has 2 amide bonds. The van der Waals surface area contributed by atoms with E-state index in [9.17, 15) is 18.4 Å². The molecule has 0 radical (unpaired) electrons. The monoisotopic (exact) mass is 357 g/mol. The van der Waals surface area contributed by atoms with Crippen molar-refractivity contribution in [2.75, 3.05) is 33.3 Å². The van der Waals surface area contributed by atoms with Crippen LogP contribution >= 0.6 is 0 Å². The number of hydrogen-bond acceptors (Lipinski definition) is 4. The fourth-order valence-corrected chi connectivity index (χ4v) is 4.23. The predicted molar refractivity (Wildman–Crippen MR) is 85.1 cm³/mol. The first kappa shape index (κ1) is 17.1. The number of nitrogens with zero attached hydrogens (tertiary/aromatic N) is 2. The Labute approximate surface area is 145 Å². The van der Waals surface area contributed by atoms with Crippen molar-refractivity contribution in [1.29, 1.82) is 0 Å². The maximum atomic E-state index is 12.9. The Balaban J connectivity index is 1.25. The Kier molecular flexibility index (Phi) is 3.85. The summed E-state index contributed by atoms with van der Waals surface area (Å²) in [5.74, 6) is -2.01.